The highest BCUT2D eigenvalue weighted by atomic mass is 16.5. The Hall–Kier alpha value is -2.00. The van der Waals surface area contributed by atoms with Crippen LogP contribution in [-0.2, 0) is 16.0 Å². The lowest BCUT2D eigenvalue weighted by Gasteiger charge is -2.46. The maximum absolute atomic E-state index is 12.1. The molecule has 9 heteroatoms. The van der Waals surface area contributed by atoms with Gasteiger partial charge in [-0.3, -0.25) is 9.59 Å². The zero-order valence-electron chi connectivity index (χ0n) is 16.4. The summed E-state index contributed by atoms with van der Waals surface area (Å²) in [6.07, 6.45) is 9.83. The van der Waals surface area contributed by atoms with Crippen LogP contribution in [0.3, 0.4) is 0 Å². The van der Waals surface area contributed by atoms with Crippen molar-refractivity contribution in [2.24, 2.45) is 22.8 Å². The van der Waals surface area contributed by atoms with Gasteiger partial charge in [0.2, 0.25) is 17.7 Å². The van der Waals surface area contributed by atoms with Gasteiger partial charge in [-0.1, -0.05) is 5.16 Å². The molecule has 3 fully saturated rings. The van der Waals surface area contributed by atoms with Crippen molar-refractivity contribution >= 4 is 11.8 Å². The number of nitrogens with two attached hydrogens (primary N) is 2. The van der Waals surface area contributed by atoms with Gasteiger partial charge in [-0.25, -0.2) is 0 Å². The van der Waals surface area contributed by atoms with Crippen LogP contribution in [0.25, 0.3) is 0 Å². The van der Waals surface area contributed by atoms with Crippen LogP contribution < -0.4 is 22.1 Å². The van der Waals surface area contributed by atoms with E-state index in [9.17, 15) is 9.59 Å². The zero-order chi connectivity index (χ0) is 20.0. The summed E-state index contributed by atoms with van der Waals surface area (Å²) in [4.78, 5) is 28.0. The van der Waals surface area contributed by atoms with E-state index in [0.717, 1.165) is 18.2 Å². The summed E-state index contributed by atoms with van der Waals surface area (Å²) in [7, 11) is 0. The zero-order valence-corrected chi connectivity index (χ0v) is 16.4. The topological polar surface area (TPSA) is 149 Å². The molecule has 0 unspecified atom stereocenters. The maximum atomic E-state index is 12.1. The highest BCUT2D eigenvalue weighted by molar-refractivity contribution is 5.85. The van der Waals surface area contributed by atoms with Crippen LogP contribution in [-0.4, -0.2) is 41.6 Å². The molecular formula is C19H32N6O3. The fourth-order valence-corrected chi connectivity index (χ4v) is 4.50. The van der Waals surface area contributed by atoms with Crippen molar-refractivity contribution in [2.45, 2.75) is 63.8 Å². The number of nitrogens with zero attached hydrogens (tertiary/aromatic N) is 2. The Morgan fingerprint density at radius 1 is 1.18 bits per heavy atom. The molecule has 1 aromatic rings. The second kappa shape index (κ2) is 9.47. The van der Waals surface area contributed by atoms with Crippen LogP contribution in [0.15, 0.2) is 4.52 Å². The fourth-order valence-electron chi connectivity index (χ4n) is 4.50. The normalized spacial score (nSPS) is 24.7. The fraction of sp³-hybridized carbons (Fsp3) is 0.789. The molecule has 6 N–H and O–H groups in total. The Morgan fingerprint density at radius 3 is 2.54 bits per heavy atom. The van der Waals surface area contributed by atoms with Gasteiger partial charge in [0.15, 0.2) is 5.82 Å². The van der Waals surface area contributed by atoms with Crippen molar-refractivity contribution in [1.29, 1.82) is 0 Å². The lowest BCUT2D eigenvalue weighted by Crippen LogP contribution is -2.40. The summed E-state index contributed by atoms with van der Waals surface area (Å²) in [5.74, 6) is 1.34. The Labute approximate surface area is 165 Å². The molecule has 9 nitrogen and oxygen atoms in total. The lowest BCUT2D eigenvalue weighted by molar-refractivity contribution is -0.125. The van der Waals surface area contributed by atoms with Crippen LogP contribution in [0.4, 0.5) is 0 Å². The summed E-state index contributed by atoms with van der Waals surface area (Å²) >= 11 is 0. The monoisotopic (exact) mass is 392 g/mol. The number of hydrogen-bond donors (Lipinski definition) is 4. The van der Waals surface area contributed by atoms with E-state index in [2.05, 4.69) is 20.8 Å². The molecule has 0 aliphatic heterocycles. The molecule has 156 valence electrons. The van der Waals surface area contributed by atoms with E-state index in [-0.39, 0.29) is 24.9 Å². The van der Waals surface area contributed by atoms with Gasteiger partial charge in [-0.05, 0) is 69.2 Å². The van der Waals surface area contributed by atoms with Gasteiger partial charge in [-0.2, -0.15) is 4.98 Å². The van der Waals surface area contributed by atoms with Crippen LogP contribution in [0.5, 0.6) is 0 Å². The summed E-state index contributed by atoms with van der Waals surface area (Å²) < 4.78 is 5.49. The lowest BCUT2D eigenvalue weighted by atomic mass is 9.59. The van der Waals surface area contributed by atoms with E-state index in [4.69, 9.17) is 16.0 Å². The number of nitrogens with one attached hydrogen (secondary N) is 2. The van der Waals surface area contributed by atoms with E-state index in [1.54, 1.807) is 0 Å². The Kier molecular flexibility index (Phi) is 7.01. The molecule has 3 aliphatic rings. The molecule has 1 aromatic heterocycles. The summed E-state index contributed by atoms with van der Waals surface area (Å²) in [5, 5.41) is 9.49. The first kappa shape index (κ1) is 20.7. The molecule has 0 radical (unpaired) electrons. The maximum Gasteiger partial charge on any atom is 0.249 e. The average Bonchev–Trinajstić information content (AvgIpc) is 3.18. The van der Waals surface area contributed by atoms with Crippen LogP contribution in [0.1, 0.15) is 69.1 Å². The largest absolute Gasteiger partial charge is 0.346 e. The molecule has 0 aromatic carbocycles. The summed E-state index contributed by atoms with van der Waals surface area (Å²) in [5.41, 5.74) is 11.2. The SMILES string of the molecule is NCCC[C@H](NC(=O)CNC(=O)CN)c1nc(CC23CCC(CC2)CC3)no1. The van der Waals surface area contributed by atoms with Gasteiger partial charge >= 0.3 is 0 Å². The van der Waals surface area contributed by atoms with Crippen molar-refractivity contribution in [3.8, 4) is 0 Å². The molecule has 4 rings (SSSR count). The molecule has 2 bridgehead atoms. The van der Waals surface area contributed by atoms with E-state index in [1.807, 2.05) is 0 Å². The third kappa shape index (κ3) is 5.29. The number of hydrogen-bond acceptors (Lipinski definition) is 7. The van der Waals surface area contributed by atoms with Crippen molar-refractivity contribution in [2.75, 3.05) is 19.6 Å². The molecular weight excluding hydrogens is 360 g/mol. The van der Waals surface area contributed by atoms with Crippen molar-refractivity contribution in [1.82, 2.24) is 20.8 Å². The van der Waals surface area contributed by atoms with E-state index < -0.39 is 6.04 Å². The molecule has 3 saturated carbocycles. The van der Waals surface area contributed by atoms with Crippen molar-refractivity contribution in [3.05, 3.63) is 11.7 Å². The Morgan fingerprint density at radius 2 is 1.89 bits per heavy atom. The third-order valence-electron chi connectivity index (χ3n) is 6.23. The highest BCUT2D eigenvalue weighted by Crippen LogP contribution is 2.51. The number of carbonyl (C=O) groups excluding carboxylic acids is 2. The first-order chi connectivity index (χ1) is 13.5. The van der Waals surface area contributed by atoms with E-state index >= 15 is 0 Å². The first-order valence-electron chi connectivity index (χ1n) is 10.3. The van der Waals surface area contributed by atoms with Gasteiger partial charge in [-0.15, -0.1) is 0 Å². The predicted molar refractivity (Wildman–Crippen MR) is 103 cm³/mol. The average molecular weight is 393 g/mol. The molecule has 3 aliphatic carbocycles. The molecule has 0 spiro atoms. The molecule has 2 amide bonds. The number of aromatic nitrogens is 2. The standard InChI is InChI=1S/C19H32N6O3/c20-9-1-2-14(23-17(27)12-22-16(26)11-21)18-24-15(25-28-18)10-19-6-3-13(4-7-19)5-8-19/h13-14H,1-12,20-21H2,(H,22,26)(H,23,27)/t13?,14-,19?/m0/s1. The highest BCUT2D eigenvalue weighted by Gasteiger charge is 2.41. The van der Waals surface area contributed by atoms with Crippen LogP contribution in [0.2, 0.25) is 0 Å². The molecule has 0 saturated heterocycles. The number of carbonyl (C=O) groups is 2. The number of fused-ring (bicyclic) bond motifs is 3. The summed E-state index contributed by atoms with van der Waals surface area (Å²) in [6.45, 7) is 0.210. The second-order valence-corrected chi connectivity index (χ2v) is 8.24. The van der Waals surface area contributed by atoms with Crippen molar-refractivity contribution in [3.63, 3.8) is 0 Å². The van der Waals surface area contributed by atoms with Crippen molar-refractivity contribution < 1.29 is 14.1 Å². The Balaban J connectivity index is 1.60. The van der Waals surface area contributed by atoms with Gasteiger partial charge in [0.25, 0.3) is 0 Å². The minimum absolute atomic E-state index is 0.138. The van der Waals surface area contributed by atoms with Crippen LogP contribution >= 0.6 is 0 Å². The molecule has 1 atom stereocenters. The van der Waals surface area contributed by atoms with Gasteiger partial charge < -0.3 is 26.6 Å². The predicted octanol–water partition coefficient (Wildman–Crippen LogP) is 0.554. The third-order valence-corrected chi connectivity index (χ3v) is 6.23. The van der Waals surface area contributed by atoms with E-state index in [1.165, 1.54) is 38.5 Å². The molecule has 1 heterocycles. The number of rotatable bonds is 10. The number of amides is 2. The summed E-state index contributed by atoms with van der Waals surface area (Å²) in [6, 6.07) is -0.410. The molecule has 28 heavy (non-hydrogen) atoms. The minimum atomic E-state index is -0.410. The van der Waals surface area contributed by atoms with Crippen LogP contribution in [0, 0.1) is 11.3 Å². The smallest absolute Gasteiger partial charge is 0.249 e. The minimum Gasteiger partial charge on any atom is -0.346 e. The van der Waals surface area contributed by atoms with Gasteiger partial charge in [0.05, 0.1) is 13.1 Å². The Bertz CT molecular complexity index is 655. The van der Waals surface area contributed by atoms with Gasteiger partial charge in [0, 0.05) is 6.42 Å². The van der Waals surface area contributed by atoms with E-state index in [0.29, 0.717) is 30.7 Å². The first-order valence-corrected chi connectivity index (χ1v) is 10.3. The second-order valence-electron chi connectivity index (χ2n) is 8.24. The van der Waals surface area contributed by atoms with Gasteiger partial charge in [0.1, 0.15) is 6.04 Å². The quantitative estimate of drug-likeness (QED) is 0.454.